The topological polar surface area (TPSA) is 238 Å². The second-order valence-corrected chi connectivity index (χ2v) is 16.2. The van der Waals surface area contributed by atoms with E-state index in [2.05, 4.69) is 15.9 Å². The lowest BCUT2D eigenvalue weighted by atomic mass is 10.0. The van der Waals surface area contributed by atoms with Crippen molar-refractivity contribution < 1.29 is 9.85 Å². The molecule has 6 aromatic carbocycles. The Labute approximate surface area is 393 Å². The number of aryl methyl sites for hydroxylation is 2. The van der Waals surface area contributed by atoms with Crippen LogP contribution in [0.2, 0.25) is 0 Å². The summed E-state index contributed by atoms with van der Waals surface area (Å²) in [5, 5.41) is 50.2. The van der Waals surface area contributed by atoms with Crippen molar-refractivity contribution in [1.82, 2.24) is 18.3 Å². The average Bonchev–Trinajstić information content (AvgIpc) is 3.78. The van der Waals surface area contributed by atoms with Crippen LogP contribution in [0.4, 0.5) is 17.1 Å². The van der Waals surface area contributed by atoms with Crippen LogP contribution >= 0.6 is 15.9 Å². The van der Waals surface area contributed by atoms with Crippen molar-refractivity contribution in [1.29, 1.82) is 15.9 Å². The van der Waals surface area contributed by atoms with Crippen molar-refractivity contribution in [3.8, 4) is 23.5 Å². The Morgan fingerprint density at radius 3 is 1.37 bits per heavy atom. The van der Waals surface area contributed by atoms with Crippen molar-refractivity contribution in [2.75, 3.05) is 5.73 Å². The Balaban J connectivity index is 0.000000145. The minimum Gasteiger partial charge on any atom is -0.399 e. The molecule has 17 heteroatoms. The number of halogens is 1. The number of anilines is 1. The number of benzene rings is 6. The molecule has 0 saturated carbocycles. The molecule has 0 amide bonds. The van der Waals surface area contributed by atoms with Crippen molar-refractivity contribution in [2.45, 2.75) is 0 Å². The molecule has 16 nitrogen and oxygen atoms in total. The maximum atomic E-state index is 13.0. The fourth-order valence-corrected chi connectivity index (χ4v) is 8.36. The maximum Gasteiger partial charge on any atom is 0.273 e. The molecule has 0 saturated heterocycles. The highest BCUT2D eigenvalue weighted by Gasteiger charge is 2.21. The Hall–Kier alpha value is -9.45. The molecule has 332 valence electrons. The number of nitro groups is 2. The van der Waals surface area contributed by atoms with Gasteiger partial charge in [0.1, 0.15) is 23.3 Å². The predicted molar refractivity (Wildman–Crippen MR) is 266 cm³/mol. The summed E-state index contributed by atoms with van der Waals surface area (Å²) in [6.07, 6.45) is 0. The number of non-ortho nitro benzene ring substituents is 2. The maximum absolute atomic E-state index is 13.0. The van der Waals surface area contributed by atoms with Gasteiger partial charge in [-0.2, -0.15) is 10.5 Å². The van der Waals surface area contributed by atoms with E-state index in [0.717, 1.165) is 42.9 Å². The average molecular weight is 964 g/mol. The number of nitrogens with two attached hydrogens (primary N) is 1. The molecule has 68 heavy (non-hydrogen) atoms. The van der Waals surface area contributed by atoms with Gasteiger partial charge in [0.25, 0.3) is 22.5 Å². The first kappa shape index (κ1) is 45.1. The molecule has 10 aromatic rings. The molecule has 4 aromatic heterocycles. The summed E-state index contributed by atoms with van der Waals surface area (Å²) < 4.78 is 7.49. The number of nitro benzene ring substituents is 2. The van der Waals surface area contributed by atoms with Gasteiger partial charge in [0.2, 0.25) is 0 Å². The third-order valence-electron chi connectivity index (χ3n) is 11.3. The Kier molecular flexibility index (Phi) is 12.3. The fourth-order valence-electron chi connectivity index (χ4n) is 8.00. The van der Waals surface area contributed by atoms with Crippen LogP contribution in [0.25, 0.3) is 55.2 Å². The summed E-state index contributed by atoms with van der Waals surface area (Å²) in [6.45, 7) is 0. The highest BCUT2D eigenvalue weighted by Crippen LogP contribution is 2.33. The minimum absolute atomic E-state index is 0.00539. The molecular weight excluding hydrogens is 929 g/mol. The van der Waals surface area contributed by atoms with E-state index in [1.165, 1.54) is 57.7 Å². The van der Waals surface area contributed by atoms with Crippen molar-refractivity contribution in [2.24, 2.45) is 14.1 Å². The van der Waals surface area contributed by atoms with Crippen molar-refractivity contribution >= 4 is 82.6 Å². The SMILES string of the molecule is Cn1c2ccc(Br)cc2c2c1cc(C#N)c(=O)n2-c1ccc([N+](=O)[O-])cc1.Cn1c2ccc(N)cc2c2c1cc(C#N)c(=O)n2-c1ccc([N+](=O)[O-])cc1.N=C(c1ccccc1)c1ccccc1. The molecule has 0 aliphatic carbocycles. The molecule has 0 atom stereocenters. The van der Waals surface area contributed by atoms with Crippen LogP contribution < -0.4 is 16.9 Å². The van der Waals surface area contributed by atoms with Gasteiger partial charge >= 0.3 is 0 Å². The van der Waals surface area contributed by atoms with Gasteiger partial charge in [0.05, 0.1) is 48.7 Å². The third-order valence-corrected chi connectivity index (χ3v) is 11.8. The monoisotopic (exact) mass is 962 g/mol. The standard InChI is InChI=1S/C19H11BrN4O3.C19H13N5O3.C13H11N/c1-22-16-7-2-12(20)9-15(16)18-17(22)8-11(10-21)19(25)23(18)13-3-5-14(6-4-13)24(26)27;1-22-16-7-2-12(21)9-15(16)18-17(22)8-11(10-20)19(25)23(18)13-3-5-14(6-4-13)24(26)27;14-13(11-7-3-1-4-8-11)12-9-5-2-6-10-12/h2-9H,1H3;2-9H,21H2,1H3;1-10,14H. The first-order valence-electron chi connectivity index (χ1n) is 20.5. The number of nitrogen functional groups attached to an aromatic ring is 1. The van der Waals surface area contributed by atoms with Crippen LogP contribution in [0.1, 0.15) is 22.3 Å². The van der Waals surface area contributed by atoms with Gasteiger partial charge in [0, 0.05) is 70.7 Å². The number of aromatic nitrogens is 4. The van der Waals surface area contributed by atoms with Gasteiger partial charge in [-0.1, -0.05) is 76.6 Å². The van der Waals surface area contributed by atoms with Crippen LogP contribution in [0.15, 0.2) is 172 Å². The zero-order chi connectivity index (χ0) is 48.4. The predicted octanol–water partition coefficient (Wildman–Crippen LogP) is 9.97. The number of hydrogen-bond donors (Lipinski definition) is 2. The van der Waals surface area contributed by atoms with Crippen LogP contribution in [-0.2, 0) is 14.1 Å². The van der Waals surface area contributed by atoms with Gasteiger partial charge in [-0.15, -0.1) is 0 Å². The van der Waals surface area contributed by atoms with E-state index in [-0.39, 0.29) is 22.5 Å². The molecular formula is C51H35BrN10O6. The smallest absolute Gasteiger partial charge is 0.273 e. The lowest BCUT2D eigenvalue weighted by molar-refractivity contribution is -0.385. The van der Waals surface area contributed by atoms with Crippen LogP contribution in [-0.4, -0.2) is 33.8 Å². The fraction of sp³-hybridized carbons (Fsp3) is 0.0392. The Morgan fingerprint density at radius 1 is 0.574 bits per heavy atom. The quantitative estimate of drug-likeness (QED) is 0.0697. The van der Waals surface area contributed by atoms with Gasteiger partial charge in [-0.3, -0.25) is 44.4 Å². The first-order valence-corrected chi connectivity index (χ1v) is 21.3. The number of hydrogen-bond acceptors (Lipinski definition) is 10. The summed E-state index contributed by atoms with van der Waals surface area (Å²) >= 11 is 3.46. The van der Waals surface area contributed by atoms with E-state index in [9.17, 15) is 40.3 Å². The van der Waals surface area contributed by atoms with Crippen LogP contribution in [0, 0.1) is 48.3 Å². The number of pyridine rings is 2. The van der Waals surface area contributed by atoms with Gasteiger partial charge in [0.15, 0.2) is 0 Å². The summed E-state index contributed by atoms with van der Waals surface area (Å²) in [7, 11) is 3.71. The molecule has 0 fully saturated rings. The van der Waals surface area contributed by atoms with Crippen LogP contribution in [0.5, 0.6) is 0 Å². The van der Waals surface area contributed by atoms with Gasteiger partial charge in [-0.25, -0.2) is 0 Å². The number of rotatable bonds is 6. The number of nitriles is 2. The third kappa shape index (κ3) is 8.35. The van der Waals surface area contributed by atoms with Crippen molar-refractivity contribution in [3.63, 3.8) is 0 Å². The lowest BCUT2D eigenvalue weighted by Gasteiger charge is -2.09. The molecule has 0 radical (unpaired) electrons. The number of fused-ring (bicyclic) bond motifs is 6. The largest absolute Gasteiger partial charge is 0.399 e. The van der Waals surface area contributed by atoms with Crippen molar-refractivity contribution in [3.05, 3.63) is 225 Å². The zero-order valence-electron chi connectivity index (χ0n) is 36.0. The van der Waals surface area contributed by atoms with Crippen LogP contribution in [0.3, 0.4) is 0 Å². The summed E-state index contributed by atoms with van der Waals surface area (Å²) in [6, 6.07) is 49.0. The molecule has 10 rings (SSSR count). The van der Waals surface area contributed by atoms with E-state index in [0.29, 0.717) is 39.3 Å². The number of nitrogens with zero attached hydrogens (tertiary/aromatic N) is 8. The lowest BCUT2D eigenvalue weighted by Crippen LogP contribution is -2.21. The molecule has 0 bridgehead atoms. The molecule has 0 aliphatic rings. The van der Waals surface area contributed by atoms with E-state index in [4.69, 9.17) is 11.1 Å². The molecule has 0 unspecified atom stereocenters. The van der Waals surface area contributed by atoms with Gasteiger partial charge in [-0.05, 0) is 83.9 Å². The molecule has 0 spiro atoms. The second kappa shape index (κ2) is 18.6. The minimum atomic E-state index is -0.507. The summed E-state index contributed by atoms with van der Waals surface area (Å²) in [5.41, 5.74) is 13.1. The van der Waals surface area contributed by atoms with E-state index in [1.54, 1.807) is 24.3 Å². The Morgan fingerprint density at radius 2 is 0.971 bits per heavy atom. The summed E-state index contributed by atoms with van der Waals surface area (Å²) in [5.74, 6) is 0. The van der Waals surface area contributed by atoms with E-state index < -0.39 is 21.0 Å². The van der Waals surface area contributed by atoms with Gasteiger partial charge < -0.3 is 14.9 Å². The Bertz CT molecular complexity index is 3610. The normalized spacial score (nSPS) is 10.7. The molecule has 0 aliphatic heterocycles. The second-order valence-electron chi connectivity index (χ2n) is 15.3. The highest BCUT2D eigenvalue weighted by molar-refractivity contribution is 9.10. The van der Waals surface area contributed by atoms with E-state index >= 15 is 0 Å². The summed E-state index contributed by atoms with van der Waals surface area (Å²) in [4.78, 5) is 46.7. The number of nitrogens with one attached hydrogen (secondary N) is 1. The van der Waals surface area contributed by atoms with E-state index in [1.807, 2.05) is 120 Å². The molecule has 4 heterocycles. The first-order chi connectivity index (χ1) is 32.7. The molecule has 3 N–H and O–H groups in total. The zero-order valence-corrected chi connectivity index (χ0v) is 37.6. The highest BCUT2D eigenvalue weighted by atomic mass is 79.9.